The van der Waals surface area contributed by atoms with Gasteiger partial charge in [-0.15, -0.1) is 0 Å². The van der Waals surface area contributed by atoms with Crippen molar-refractivity contribution < 1.29 is 13.9 Å². The zero-order chi connectivity index (χ0) is 16.5. The van der Waals surface area contributed by atoms with E-state index in [9.17, 15) is 4.79 Å². The molecular weight excluding hydrogens is 304 g/mol. The quantitative estimate of drug-likeness (QED) is 0.937. The van der Waals surface area contributed by atoms with Crippen molar-refractivity contribution in [2.75, 3.05) is 19.6 Å². The van der Waals surface area contributed by atoms with Gasteiger partial charge in [0.2, 0.25) is 0 Å². The van der Waals surface area contributed by atoms with Gasteiger partial charge in [-0.25, -0.2) is 0 Å². The normalized spacial score (nSPS) is 25.5. The molecule has 3 unspecified atom stereocenters. The van der Waals surface area contributed by atoms with Crippen LogP contribution in [0.2, 0.25) is 0 Å². The number of carbonyl (C=O) groups is 1. The summed E-state index contributed by atoms with van der Waals surface area (Å²) in [5, 5.41) is 3.17. The van der Waals surface area contributed by atoms with Gasteiger partial charge in [0.1, 0.15) is 5.75 Å². The van der Waals surface area contributed by atoms with E-state index in [1.807, 2.05) is 13.0 Å². The molecule has 2 aliphatic rings. The Morgan fingerprint density at radius 1 is 1.29 bits per heavy atom. The fourth-order valence-corrected chi connectivity index (χ4v) is 3.68. The van der Waals surface area contributed by atoms with Crippen LogP contribution in [-0.4, -0.2) is 36.5 Å². The van der Waals surface area contributed by atoms with Crippen molar-refractivity contribution in [1.82, 2.24) is 10.2 Å². The molecule has 1 N–H and O–H groups in total. The average Bonchev–Trinajstić information content (AvgIpc) is 3.13. The average molecular weight is 326 g/mol. The highest BCUT2D eigenvalue weighted by Crippen LogP contribution is 2.27. The minimum Gasteiger partial charge on any atom is -0.434 e. The summed E-state index contributed by atoms with van der Waals surface area (Å²) in [5.41, 5.74) is 1.67. The third kappa shape index (κ3) is 3.31. The summed E-state index contributed by atoms with van der Waals surface area (Å²) >= 11 is 0. The Hall–Kier alpha value is -2.27. The van der Waals surface area contributed by atoms with Gasteiger partial charge in [-0.1, -0.05) is 0 Å². The van der Waals surface area contributed by atoms with Gasteiger partial charge in [0.25, 0.3) is 11.9 Å². The number of furan rings is 1. The molecule has 1 aromatic carbocycles. The first kappa shape index (κ1) is 15.3. The smallest absolute Gasteiger partial charge is 0.290 e. The second-order valence-corrected chi connectivity index (χ2v) is 6.89. The van der Waals surface area contributed by atoms with Crippen molar-refractivity contribution in [3.8, 4) is 11.7 Å². The van der Waals surface area contributed by atoms with Gasteiger partial charge in [0, 0.05) is 30.8 Å². The van der Waals surface area contributed by atoms with Crippen molar-refractivity contribution in [2.24, 2.45) is 5.92 Å². The van der Waals surface area contributed by atoms with Crippen LogP contribution >= 0.6 is 0 Å². The van der Waals surface area contributed by atoms with Gasteiger partial charge in [-0.3, -0.25) is 4.79 Å². The maximum atomic E-state index is 12.4. The molecular formula is C19H22N2O3. The van der Waals surface area contributed by atoms with Gasteiger partial charge >= 0.3 is 0 Å². The van der Waals surface area contributed by atoms with Gasteiger partial charge in [-0.2, -0.15) is 0 Å². The van der Waals surface area contributed by atoms with Crippen LogP contribution in [0.1, 0.15) is 28.8 Å². The molecule has 126 valence electrons. The largest absolute Gasteiger partial charge is 0.434 e. The zero-order valence-electron chi connectivity index (χ0n) is 13.8. The van der Waals surface area contributed by atoms with Crippen LogP contribution in [0.3, 0.4) is 0 Å². The van der Waals surface area contributed by atoms with Crippen LogP contribution in [-0.2, 0) is 0 Å². The van der Waals surface area contributed by atoms with E-state index in [2.05, 4.69) is 10.2 Å². The van der Waals surface area contributed by atoms with Crippen LogP contribution in [0.5, 0.6) is 11.7 Å². The minimum absolute atomic E-state index is 0.0112. The third-order valence-electron chi connectivity index (χ3n) is 4.84. The molecule has 3 atom stereocenters. The monoisotopic (exact) mass is 326 g/mol. The summed E-state index contributed by atoms with van der Waals surface area (Å²) in [4.78, 5) is 14.9. The Morgan fingerprint density at radius 2 is 2.12 bits per heavy atom. The molecule has 3 heterocycles. The summed E-state index contributed by atoms with van der Waals surface area (Å²) in [5.74, 6) is 1.85. The number of amides is 1. The molecule has 0 saturated carbocycles. The maximum absolute atomic E-state index is 12.4. The highest BCUT2D eigenvalue weighted by molar-refractivity contribution is 5.94. The number of hydrogen-bond donors (Lipinski definition) is 1. The number of ether oxygens (including phenoxy) is 1. The Kier molecular flexibility index (Phi) is 4.02. The molecule has 1 amide bonds. The molecule has 4 rings (SSSR count). The molecule has 2 aliphatic heterocycles. The van der Waals surface area contributed by atoms with Crippen molar-refractivity contribution in [3.05, 3.63) is 47.7 Å². The summed E-state index contributed by atoms with van der Waals surface area (Å²) < 4.78 is 10.9. The Balaban J connectivity index is 1.36. The minimum atomic E-state index is -0.0112. The lowest BCUT2D eigenvalue weighted by Crippen LogP contribution is -2.46. The van der Waals surface area contributed by atoms with E-state index >= 15 is 0 Å². The van der Waals surface area contributed by atoms with E-state index in [1.165, 1.54) is 19.5 Å². The lowest BCUT2D eigenvalue weighted by Gasteiger charge is -2.30. The molecule has 0 spiro atoms. The number of aryl methyl sites for hydroxylation is 1. The SMILES string of the molecule is Cc1coc(Oc2ccc(C(=O)NC3CC4CCN(C4)C3)cc2)c1. The number of nitrogens with zero attached hydrogens (tertiary/aromatic N) is 1. The molecule has 1 aromatic heterocycles. The van der Waals surface area contributed by atoms with E-state index < -0.39 is 0 Å². The van der Waals surface area contributed by atoms with Crippen LogP contribution in [0.25, 0.3) is 0 Å². The molecule has 5 heteroatoms. The number of carbonyl (C=O) groups excluding carboxylic acids is 1. The molecule has 5 nitrogen and oxygen atoms in total. The zero-order valence-corrected chi connectivity index (χ0v) is 13.8. The van der Waals surface area contributed by atoms with Crippen LogP contribution in [0.15, 0.2) is 41.0 Å². The molecule has 0 radical (unpaired) electrons. The van der Waals surface area contributed by atoms with Crippen molar-refractivity contribution in [1.29, 1.82) is 0 Å². The molecule has 2 bridgehead atoms. The number of fused-ring (bicyclic) bond motifs is 2. The molecule has 24 heavy (non-hydrogen) atoms. The lowest BCUT2D eigenvalue weighted by molar-refractivity contribution is 0.0909. The maximum Gasteiger partial charge on any atom is 0.290 e. The number of hydrogen-bond acceptors (Lipinski definition) is 4. The summed E-state index contributed by atoms with van der Waals surface area (Å²) in [6, 6.07) is 9.26. The number of nitrogens with one attached hydrogen (secondary N) is 1. The molecule has 2 saturated heterocycles. The fourth-order valence-electron chi connectivity index (χ4n) is 3.68. The van der Waals surface area contributed by atoms with Gasteiger partial charge in [0.05, 0.1) is 6.26 Å². The topological polar surface area (TPSA) is 54.7 Å². The predicted octanol–water partition coefficient (Wildman–Crippen LogP) is 3.20. The van der Waals surface area contributed by atoms with Crippen LogP contribution in [0, 0.1) is 12.8 Å². The fraction of sp³-hybridized carbons (Fsp3) is 0.421. The first-order valence-electron chi connectivity index (χ1n) is 8.52. The van der Waals surface area contributed by atoms with Crippen molar-refractivity contribution >= 4 is 5.91 Å². The number of benzene rings is 1. The standard InChI is InChI=1S/C19H22N2O3/c1-13-8-18(23-12-13)24-17-4-2-15(3-5-17)19(22)20-16-9-14-6-7-21(10-14)11-16/h2-5,8,12,14,16H,6-7,9-11H2,1H3,(H,20,22). The highest BCUT2D eigenvalue weighted by Gasteiger charge is 2.32. The van der Waals surface area contributed by atoms with Crippen LogP contribution < -0.4 is 10.1 Å². The van der Waals surface area contributed by atoms with E-state index in [1.54, 1.807) is 30.5 Å². The van der Waals surface area contributed by atoms with Crippen molar-refractivity contribution in [2.45, 2.75) is 25.8 Å². The second-order valence-electron chi connectivity index (χ2n) is 6.89. The van der Waals surface area contributed by atoms with E-state index in [0.717, 1.165) is 24.4 Å². The Labute approximate surface area is 141 Å². The van der Waals surface area contributed by atoms with Crippen molar-refractivity contribution in [3.63, 3.8) is 0 Å². The van der Waals surface area contributed by atoms with Crippen LogP contribution in [0.4, 0.5) is 0 Å². The van der Waals surface area contributed by atoms with E-state index in [4.69, 9.17) is 9.15 Å². The van der Waals surface area contributed by atoms with Gasteiger partial charge in [0.15, 0.2) is 0 Å². The Morgan fingerprint density at radius 3 is 2.83 bits per heavy atom. The third-order valence-corrected chi connectivity index (χ3v) is 4.84. The second kappa shape index (κ2) is 6.32. The predicted molar refractivity (Wildman–Crippen MR) is 90.4 cm³/mol. The molecule has 2 fully saturated rings. The first-order chi connectivity index (χ1) is 11.7. The van der Waals surface area contributed by atoms with E-state index in [0.29, 0.717) is 17.3 Å². The lowest BCUT2D eigenvalue weighted by atomic mass is 9.96. The summed E-state index contributed by atoms with van der Waals surface area (Å²) in [6.45, 7) is 5.29. The first-order valence-corrected chi connectivity index (χ1v) is 8.52. The highest BCUT2D eigenvalue weighted by atomic mass is 16.6. The van der Waals surface area contributed by atoms with E-state index in [-0.39, 0.29) is 11.9 Å². The number of rotatable bonds is 4. The molecule has 0 aliphatic carbocycles. The Bertz CT molecular complexity index is 710. The summed E-state index contributed by atoms with van der Waals surface area (Å²) in [6.07, 6.45) is 4.01. The summed E-state index contributed by atoms with van der Waals surface area (Å²) in [7, 11) is 0. The molecule has 2 aromatic rings. The van der Waals surface area contributed by atoms with Gasteiger partial charge in [-0.05, 0) is 62.1 Å². The number of piperidine rings is 1. The van der Waals surface area contributed by atoms with Gasteiger partial charge < -0.3 is 19.4 Å².